The average molecular weight is 379 g/mol. The molecule has 136 valence electrons. The van der Waals surface area contributed by atoms with E-state index in [0.717, 1.165) is 36.1 Å². The molecule has 0 saturated heterocycles. The maximum atomic E-state index is 12.8. The van der Waals surface area contributed by atoms with Crippen molar-refractivity contribution in [3.05, 3.63) is 56.2 Å². The fraction of sp³-hybridized carbons (Fsp3) is 0.250. The van der Waals surface area contributed by atoms with Crippen LogP contribution in [0.1, 0.15) is 39.2 Å². The number of nitrogens with zero attached hydrogens (tertiary/aromatic N) is 1. The van der Waals surface area contributed by atoms with Gasteiger partial charge in [-0.15, -0.1) is 11.3 Å². The van der Waals surface area contributed by atoms with Crippen molar-refractivity contribution in [1.29, 1.82) is 5.26 Å². The molecular formula is C20H17N3O3S. The highest BCUT2D eigenvalue weighted by molar-refractivity contribution is 7.16. The van der Waals surface area contributed by atoms with Gasteiger partial charge < -0.3 is 15.0 Å². The second-order valence-corrected chi connectivity index (χ2v) is 7.53. The third-order valence-corrected chi connectivity index (χ3v) is 6.05. The molecule has 1 aliphatic rings. The second-order valence-electron chi connectivity index (χ2n) is 6.42. The highest BCUT2D eigenvalue weighted by atomic mass is 32.1. The molecule has 0 unspecified atom stereocenters. The van der Waals surface area contributed by atoms with E-state index in [1.807, 2.05) is 0 Å². The molecule has 0 bridgehead atoms. The number of fused-ring (bicyclic) bond motifs is 2. The molecule has 1 amide bonds. The molecule has 1 aliphatic carbocycles. The number of rotatable bonds is 3. The molecule has 3 aromatic rings. The summed E-state index contributed by atoms with van der Waals surface area (Å²) in [5.74, 6) is 0.0272. The summed E-state index contributed by atoms with van der Waals surface area (Å²) in [6.07, 6.45) is 5.35. The van der Waals surface area contributed by atoms with Crippen molar-refractivity contribution in [1.82, 2.24) is 4.98 Å². The minimum absolute atomic E-state index is 0.00557. The van der Waals surface area contributed by atoms with Crippen LogP contribution in [0.25, 0.3) is 10.9 Å². The van der Waals surface area contributed by atoms with Crippen LogP contribution in [-0.2, 0) is 12.8 Å². The summed E-state index contributed by atoms with van der Waals surface area (Å²) >= 11 is 1.44. The van der Waals surface area contributed by atoms with Crippen LogP contribution in [-0.4, -0.2) is 18.0 Å². The Morgan fingerprint density at radius 2 is 2.15 bits per heavy atom. The van der Waals surface area contributed by atoms with Crippen LogP contribution in [0, 0.1) is 11.3 Å². The number of benzene rings is 1. The van der Waals surface area contributed by atoms with E-state index in [1.54, 1.807) is 18.2 Å². The Bertz CT molecular complexity index is 1150. The van der Waals surface area contributed by atoms with Gasteiger partial charge in [-0.25, -0.2) is 0 Å². The van der Waals surface area contributed by atoms with Gasteiger partial charge in [0, 0.05) is 22.0 Å². The van der Waals surface area contributed by atoms with Gasteiger partial charge in [0.05, 0.1) is 12.7 Å². The Kier molecular flexibility index (Phi) is 4.42. The summed E-state index contributed by atoms with van der Waals surface area (Å²) in [6.45, 7) is 0. The fourth-order valence-corrected chi connectivity index (χ4v) is 4.67. The Hall–Kier alpha value is -3.11. The number of carbonyl (C=O) groups excluding carboxylic acids is 1. The van der Waals surface area contributed by atoms with Crippen LogP contribution in [0.3, 0.4) is 0 Å². The van der Waals surface area contributed by atoms with Crippen molar-refractivity contribution >= 4 is 33.1 Å². The van der Waals surface area contributed by atoms with Crippen LogP contribution in [0.4, 0.5) is 5.00 Å². The SMILES string of the molecule is COc1ccc2[nH]cc(C(=O)Nc3sc4c(c3C#N)CCCC4)c(=O)c2c1. The standard InChI is InChI=1S/C20H17N3O3S/c1-26-11-6-7-16-13(8-11)18(24)15(10-22-16)19(25)23-20-14(9-21)12-4-2-3-5-17(12)27-20/h6-8,10H,2-5H2,1H3,(H,22,24)(H,23,25). The van der Waals surface area contributed by atoms with Gasteiger partial charge in [0.2, 0.25) is 5.43 Å². The first-order chi connectivity index (χ1) is 13.1. The van der Waals surface area contributed by atoms with Crippen LogP contribution in [0.15, 0.2) is 29.2 Å². The predicted octanol–water partition coefficient (Wildman–Crippen LogP) is 3.60. The van der Waals surface area contributed by atoms with Crippen LogP contribution >= 0.6 is 11.3 Å². The smallest absolute Gasteiger partial charge is 0.261 e. The van der Waals surface area contributed by atoms with Crippen molar-refractivity contribution in [3.8, 4) is 11.8 Å². The first-order valence-corrected chi connectivity index (χ1v) is 9.49. The lowest BCUT2D eigenvalue weighted by Crippen LogP contribution is -2.22. The zero-order valence-electron chi connectivity index (χ0n) is 14.7. The first kappa shape index (κ1) is 17.3. The molecule has 0 spiro atoms. The molecule has 0 radical (unpaired) electrons. The number of pyridine rings is 1. The Morgan fingerprint density at radius 1 is 1.33 bits per heavy atom. The molecule has 2 heterocycles. The second kappa shape index (κ2) is 6.89. The zero-order valence-corrected chi connectivity index (χ0v) is 15.5. The molecule has 4 rings (SSSR count). The molecular weight excluding hydrogens is 362 g/mol. The van der Waals surface area contributed by atoms with Gasteiger partial charge in [0.15, 0.2) is 0 Å². The number of thiophene rings is 1. The van der Waals surface area contributed by atoms with Gasteiger partial charge in [0.25, 0.3) is 5.91 Å². The average Bonchev–Trinajstić information content (AvgIpc) is 3.04. The number of nitriles is 1. The number of H-pyrrole nitrogens is 1. The van der Waals surface area contributed by atoms with Gasteiger partial charge >= 0.3 is 0 Å². The third-order valence-electron chi connectivity index (χ3n) is 4.84. The molecule has 27 heavy (non-hydrogen) atoms. The number of amides is 1. The fourth-order valence-electron chi connectivity index (χ4n) is 3.44. The number of carbonyl (C=O) groups is 1. The topological polar surface area (TPSA) is 95.0 Å². The molecule has 6 nitrogen and oxygen atoms in total. The van der Waals surface area contributed by atoms with E-state index < -0.39 is 5.91 Å². The highest BCUT2D eigenvalue weighted by Crippen LogP contribution is 2.37. The monoisotopic (exact) mass is 379 g/mol. The number of anilines is 1. The first-order valence-electron chi connectivity index (χ1n) is 8.67. The number of aromatic nitrogens is 1. The zero-order chi connectivity index (χ0) is 19.0. The number of aromatic amines is 1. The molecule has 0 saturated carbocycles. The number of aryl methyl sites for hydroxylation is 1. The number of ether oxygens (including phenoxy) is 1. The van der Waals surface area contributed by atoms with Gasteiger partial charge in [0.1, 0.15) is 22.4 Å². The molecule has 2 N–H and O–H groups in total. The van der Waals surface area contributed by atoms with Crippen molar-refractivity contribution < 1.29 is 9.53 Å². The summed E-state index contributed by atoms with van der Waals surface area (Å²) < 4.78 is 5.16. The van der Waals surface area contributed by atoms with Gasteiger partial charge in [-0.3, -0.25) is 9.59 Å². The molecule has 0 fully saturated rings. The van der Waals surface area contributed by atoms with Crippen molar-refractivity contribution in [2.45, 2.75) is 25.7 Å². The summed E-state index contributed by atoms with van der Waals surface area (Å²) in [6, 6.07) is 7.30. The normalized spacial score (nSPS) is 13.0. The van der Waals surface area contributed by atoms with E-state index in [4.69, 9.17) is 4.74 Å². The molecule has 1 aromatic carbocycles. The van der Waals surface area contributed by atoms with E-state index in [9.17, 15) is 14.9 Å². The summed E-state index contributed by atoms with van der Waals surface area (Å²) in [4.78, 5) is 29.7. The molecule has 0 aliphatic heterocycles. The lowest BCUT2D eigenvalue weighted by atomic mass is 9.96. The van der Waals surface area contributed by atoms with Gasteiger partial charge in [-0.2, -0.15) is 5.26 Å². The number of hydrogen-bond donors (Lipinski definition) is 2. The highest BCUT2D eigenvalue weighted by Gasteiger charge is 2.23. The van der Waals surface area contributed by atoms with Gasteiger partial charge in [-0.1, -0.05) is 0 Å². The lowest BCUT2D eigenvalue weighted by molar-refractivity contribution is 0.102. The Balaban J connectivity index is 1.72. The lowest BCUT2D eigenvalue weighted by Gasteiger charge is -2.09. The molecule has 7 heteroatoms. The summed E-state index contributed by atoms with van der Waals surface area (Å²) in [7, 11) is 1.52. The summed E-state index contributed by atoms with van der Waals surface area (Å²) in [5, 5.41) is 13.2. The minimum atomic E-state index is -0.518. The minimum Gasteiger partial charge on any atom is -0.497 e. The van der Waals surface area contributed by atoms with Crippen molar-refractivity contribution in [2.24, 2.45) is 0 Å². The Labute approximate surface area is 159 Å². The number of methoxy groups -OCH3 is 1. The largest absolute Gasteiger partial charge is 0.497 e. The van der Waals surface area contributed by atoms with E-state index in [0.29, 0.717) is 27.2 Å². The molecule has 0 atom stereocenters. The van der Waals surface area contributed by atoms with E-state index in [-0.39, 0.29) is 11.0 Å². The van der Waals surface area contributed by atoms with Crippen LogP contribution < -0.4 is 15.5 Å². The van der Waals surface area contributed by atoms with Crippen LogP contribution in [0.2, 0.25) is 0 Å². The maximum absolute atomic E-state index is 12.8. The van der Waals surface area contributed by atoms with Crippen molar-refractivity contribution in [3.63, 3.8) is 0 Å². The number of hydrogen-bond acceptors (Lipinski definition) is 5. The van der Waals surface area contributed by atoms with Crippen LogP contribution in [0.5, 0.6) is 5.75 Å². The van der Waals surface area contributed by atoms with E-state index in [2.05, 4.69) is 16.4 Å². The molecule has 2 aromatic heterocycles. The van der Waals surface area contributed by atoms with Gasteiger partial charge in [-0.05, 0) is 49.4 Å². The third kappa shape index (κ3) is 2.98. The quantitative estimate of drug-likeness (QED) is 0.727. The Morgan fingerprint density at radius 3 is 2.93 bits per heavy atom. The van der Waals surface area contributed by atoms with E-state index in [1.165, 1.54) is 24.6 Å². The van der Waals surface area contributed by atoms with Crippen molar-refractivity contribution in [2.75, 3.05) is 12.4 Å². The van der Waals surface area contributed by atoms with E-state index >= 15 is 0 Å². The maximum Gasteiger partial charge on any atom is 0.261 e. The summed E-state index contributed by atoms with van der Waals surface area (Å²) in [5.41, 5.74) is 1.83. The predicted molar refractivity (Wildman–Crippen MR) is 105 cm³/mol. The number of nitrogens with one attached hydrogen (secondary N) is 2.